The molecule has 1 aliphatic heterocycles. The third-order valence-electron chi connectivity index (χ3n) is 7.57. The number of nitrogens with one attached hydrogen (secondary N) is 1. The zero-order valence-electron chi connectivity index (χ0n) is 23.3. The van der Waals surface area contributed by atoms with Crippen molar-refractivity contribution in [1.82, 2.24) is 24.6 Å². The van der Waals surface area contributed by atoms with E-state index in [0.29, 0.717) is 40.0 Å². The molecule has 2 aromatic carbocycles. The average molecular weight is 536 g/mol. The molecule has 0 amide bonds. The Hall–Kier alpha value is -4.50. The maximum atomic E-state index is 13.5. The van der Waals surface area contributed by atoms with Crippen molar-refractivity contribution in [2.75, 3.05) is 36.4 Å². The fourth-order valence-corrected chi connectivity index (χ4v) is 5.33. The standard InChI is InChI=1S/C31H33N7O2/c1-20(2)36-13-15-37(16-14-36)25-12-11-23(18-22(25)4)33-31-32-19-24-28(34-31)29(27-10-7-17-40-27)35-38(30(24)39)26-9-6-5-8-21(26)3/h5-12,17-20H,13-16H2,1-4H3,(H,32,33,34). The summed E-state index contributed by atoms with van der Waals surface area (Å²) >= 11 is 0. The van der Waals surface area contributed by atoms with E-state index in [4.69, 9.17) is 14.5 Å². The number of nitrogens with zero attached hydrogens (tertiary/aromatic N) is 6. The topological polar surface area (TPSA) is 92.3 Å². The second kappa shape index (κ2) is 10.6. The lowest BCUT2D eigenvalue weighted by atomic mass is 10.1. The van der Waals surface area contributed by atoms with Crippen LogP contribution in [-0.2, 0) is 0 Å². The first kappa shape index (κ1) is 25.8. The number of benzene rings is 2. The molecule has 0 radical (unpaired) electrons. The Bertz CT molecular complexity index is 1720. The normalized spacial score (nSPS) is 14.3. The van der Waals surface area contributed by atoms with Gasteiger partial charge in [-0.05, 0) is 75.2 Å². The fourth-order valence-electron chi connectivity index (χ4n) is 5.33. The molecule has 4 heterocycles. The Balaban J connectivity index is 1.33. The fraction of sp³-hybridized carbons (Fsp3) is 0.290. The molecule has 1 aliphatic rings. The quantitative estimate of drug-likeness (QED) is 0.312. The van der Waals surface area contributed by atoms with E-state index >= 15 is 0 Å². The molecular formula is C31H33N7O2. The van der Waals surface area contributed by atoms with Crippen molar-refractivity contribution in [1.29, 1.82) is 0 Å². The van der Waals surface area contributed by atoms with Gasteiger partial charge in [0.2, 0.25) is 5.95 Å². The molecule has 1 fully saturated rings. The number of anilines is 3. The second-order valence-corrected chi connectivity index (χ2v) is 10.5. The van der Waals surface area contributed by atoms with Gasteiger partial charge in [0.15, 0.2) is 11.5 Å². The first-order valence-electron chi connectivity index (χ1n) is 13.7. The monoisotopic (exact) mass is 535 g/mol. The van der Waals surface area contributed by atoms with Gasteiger partial charge in [-0.1, -0.05) is 18.2 Å². The van der Waals surface area contributed by atoms with Crippen LogP contribution in [0, 0.1) is 13.8 Å². The van der Waals surface area contributed by atoms with E-state index in [2.05, 4.69) is 53.0 Å². The van der Waals surface area contributed by atoms with Crippen LogP contribution in [0.25, 0.3) is 28.0 Å². The second-order valence-electron chi connectivity index (χ2n) is 10.5. The lowest BCUT2D eigenvalue weighted by molar-refractivity contribution is 0.209. The van der Waals surface area contributed by atoms with Crippen LogP contribution in [0.3, 0.4) is 0 Å². The molecule has 0 spiro atoms. The Morgan fingerprint density at radius 1 is 0.925 bits per heavy atom. The molecule has 9 nitrogen and oxygen atoms in total. The van der Waals surface area contributed by atoms with Crippen molar-refractivity contribution in [3.63, 3.8) is 0 Å². The van der Waals surface area contributed by atoms with Crippen molar-refractivity contribution >= 4 is 28.2 Å². The number of aromatic nitrogens is 4. The van der Waals surface area contributed by atoms with Crippen molar-refractivity contribution in [3.05, 3.63) is 88.5 Å². The minimum atomic E-state index is -0.288. The molecule has 0 unspecified atom stereocenters. The van der Waals surface area contributed by atoms with Crippen molar-refractivity contribution < 1.29 is 4.42 Å². The maximum absolute atomic E-state index is 13.5. The summed E-state index contributed by atoms with van der Waals surface area (Å²) in [6.07, 6.45) is 3.14. The molecule has 0 atom stereocenters. The first-order chi connectivity index (χ1) is 19.4. The molecule has 6 rings (SSSR count). The molecule has 0 bridgehead atoms. The molecule has 0 aliphatic carbocycles. The van der Waals surface area contributed by atoms with E-state index in [-0.39, 0.29) is 5.56 Å². The summed E-state index contributed by atoms with van der Waals surface area (Å²) in [5.74, 6) is 0.905. The maximum Gasteiger partial charge on any atom is 0.282 e. The molecule has 9 heteroatoms. The van der Waals surface area contributed by atoms with Crippen molar-refractivity contribution in [2.45, 2.75) is 33.7 Å². The van der Waals surface area contributed by atoms with Gasteiger partial charge in [0.25, 0.3) is 5.56 Å². The Morgan fingerprint density at radius 2 is 1.73 bits per heavy atom. The van der Waals surface area contributed by atoms with Crippen LogP contribution in [0.15, 0.2) is 76.3 Å². The van der Waals surface area contributed by atoms with Gasteiger partial charge >= 0.3 is 0 Å². The summed E-state index contributed by atoms with van der Waals surface area (Å²) in [6, 6.07) is 18.1. The average Bonchev–Trinajstić information content (AvgIpc) is 3.49. The summed E-state index contributed by atoms with van der Waals surface area (Å²) in [5, 5.41) is 8.38. The predicted molar refractivity (Wildman–Crippen MR) is 159 cm³/mol. The number of rotatable bonds is 6. The van der Waals surface area contributed by atoms with Crippen LogP contribution in [0.2, 0.25) is 0 Å². The Morgan fingerprint density at radius 3 is 2.42 bits per heavy atom. The minimum absolute atomic E-state index is 0.288. The lowest BCUT2D eigenvalue weighted by Crippen LogP contribution is -2.49. The highest BCUT2D eigenvalue weighted by Crippen LogP contribution is 2.28. The predicted octanol–water partition coefficient (Wildman–Crippen LogP) is 5.33. The molecular weight excluding hydrogens is 502 g/mol. The van der Waals surface area contributed by atoms with Crippen molar-refractivity contribution in [2.24, 2.45) is 0 Å². The van der Waals surface area contributed by atoms with Gasteiger partial charge in [-0.2, -0.15) is 9.78 Å². The molecule has 204 valence electrons. The number of furan rings is 1. The van der Waals surface area contributed by atoms with Gasteiger partial charge in [0, 0.05) is 49.8 Å². The smallest absolute Gasteiger partial charge is 0.282 e. The van der Waals surface area contributed by atoms with Crippen molar-refractivity contribution in [3.8, 4) is 17.1 Å². The van der Waals surface area contributed by atoms with Gasteiger partial charge in [0.05, 0.1) is 17.3 Å². The van der Waals surface area contributed by atoms with Gasteiger partial charge in [-0.3, -0.25) is 9.69 Å². The molecule has 0 saturated carbocycles. The zero-order chi connectivity index (χ0) is 27.8. The first-order valence-corrected chi connectivity index (χ1v) is 13.7. The molecule has 1 N–H and O–H groups in total. The minimum Gasteiger partial charge on any atom is -0.463 e. The van der Waals surface area contributed by atoms with Crippen LogP contribution in [-0.4, -0.2) is 56.9 Å². The summed E-state index contributed by atoms with van der Waals surface area (Å²) in [5.41, 5.74) is 5.55. The number of fused-ring (bicyclic) bond motifs is 1. The molecule has 40 heavy (non-hydrogen) atoms. The van der Waals surface area contributed by atoms with Gasteiger partial charge < -0.3 is 14.6 Å². The number of aryl methyl sites for hydroxylation is 2. The van der Waals surface area contributed by atoms with E-state index in [9.17, 15) is 4.79 Å². The lowest BCUT2D eigenvalue weighted by Gasteiger charge is -2.38. The summed E-state index contributed by atoms with van der Waals surface area (Å²) in [6.45, 7) is 12.8. The highest BCUT2D eigenvalue weighted by molar-refractivity contribution is 5.89. The summed E-state index contributed by atoms with van der Waals surface area (Å²) in [7, 11) is 0. The van der Waals surface area contributed by atoms with E-state index in [0.717, 1.165) is 37.4 Å². The van der Waals surface area contributed by atoms with Gasteiger partial charge in [0.1, 0.15) is 5.52 Å². The van der Waals surface area contributed by atoms with Crippen LogP contribution < -0.4 is 15.8 Å². The van der Waals surface area contributed by atoms with E-state index in [1.165, 1.54) is 15.9 Å². The van der Waals surface area contributed by atoms with Crippen LogP contribution in [0.1, 0.15) is 25.0 Å². The largest absolute Gasteiger partial charge is 0.463 e. The number of piperazine rings is 1. The summed E-state index contributed by atoms with van der Waals surface area (Å²) < 4.78 is 7.08. The van der Waals surface area contributed by atoms with Crippen LogP contribution in [0.5, 0.6) is 0 Å². The Kier molecular flexibility index (Phi) is 6.81. The van der Waals surface area contributed by atoms with E-state index in [1.54, 1.807) is 18.5 Å². The number of para-hydroxylation sites is 1. The van der Waals surface area contributed by atoms with Gasteiger partial charge in [-0.15, -0.1) is 0 Å². The highest BCUT2D eigenvalue weighted by Gasteiger charge is 2.21. The number of hydrogen-bond acceptors (Lipinski definition) is 8. The molecule has 5 aromatic rings. The SMILES string of the molecule is Cc1cc(Nc2ncc3c(=O)n(-c4ccccc4C)nc(-c4ccco4)c3n2)ccc1N1CCN(C(C)C)CC1. The van der Waals surface area contributed by atoms with Gasteiger partial charge in [-0.25, -0.2) is 9.97 Å². The molecule has 3 aromatic heterocycles. The van der Waals surface area contributed by atoms with E-state index < -0.39 is 0 Å². The third kappa shape index (κ3) is 4.84. The summed E-state index contributed by atoms with van der Waals surface area (Å²) in [4.78, 5) is 27.7. The number of hydrogen-bond donors (Lipinski definition) is 1. The highest BCUT2D eigenvalue weighted by atomic mass is 16.3. The Labute approximate surface area is 233 Å². The van der Waals surface area contributed by atoms with Crippen LogP contribution >= 0.6 is 0 Å². The third-order valence-corrected chi connectivity index (χ3v) is 7.57. The molecule has 1 saturated heterocycles. The van der Waals surface area contributed by atoms with E-state index in [1.807, 2.05) is 43.3 Å². The zero-order valence-corrected chi connectivity index (χ0v) is 23.3. The van der Waals surface area contributed by atoms with Crippen LogP contribution in [0.4, 0.5) is 17.3 Å².